The zero-order valence-corrected chi connectivity index (χ0v) is 25.7. The minimum Gasteiger partial charge on any atom is -0.208 e. The molecule has 4 saturated carbocycles. The summed E-state index contributed by atoms with van der Waals surface area (Å²) >= 11 is 0. The Labute approximate surface area is 269 Å². The van der Waals surface area contributed by atoms with Gasteiger partial charge >= 0.3 is 0 Å². The van der Waals surface area contributed by atoms with Crippen molar-refractivity contribution in [3.05, 3.63) is 126 Å². The summed E-state index contributed by atoms with van der Waals surface area (Å²) in [7, 11) is 0. The van der Waals surface area contributed by atoms with Crippen LogP contribution in [0.25, 0.3) is 56.1 Å². The zero-order chi connectivity index (χ0) is 30.7. The van der Waals surface area contributed by atoms with Crippen LogP contribution in [0.4, 0.5) is 0 Å². The number of nitrogens with zero attached hydrogens (tertiary/aromatic N) is 4. The molecule has 10 rings (SSSR count). The van der Waals surface area contributed by atoms with Crippen molar-refractivity contribution in [2.24, 2.45) is 17.8 Å². The fraction of sp³-hybridized carbons (Fsp3) is 0.238. The van der Waals surface area contributed by atoms with Crippen LogP contribution < -0.4 is 0 Å². The third-order valence-corrected chi connectivity index (χ3v) is 10.9. The summed E-state index contributed by atoms with van der Waals surface area (Å²) in [6, 6.07) is 42.2. The second-order valence-electron chi connectivity index (χ2n) is 13.8. The number of hydrogen-bond acceptors (Lipinski definition) is 4. The second kappa shape index (κ2) is 10.7. The van der Waals surface area contributed by atoms with Crippen LogP contribution in [0, 0.1) is 29.1 Å². The molecule has 4 aliphatic carbocycles. The van der Waals surface area contributed by atoms with Crippen molar-refractivity contribution < 1.29 is 0 Å². The summed E-state index contributed by atoms with van der Waals surface area (Å²) in [5.41, 5.74) is 7.48. The molecule has 0 aliphatic heterocycles. The van der Waals surface area contributed by atoms with Crippen LogP contribution in [0.5, 0.6) is 0 Å². The highest BCUT2D eigenvalue weighted by Gasteiger charge is 2.51. The highest BCUT2D eigenvalue weighted by molar-refractivity contribution is 6.07. The molecule has 0 saturated heterocycles. The molecule has 4 nitrogen and oxygen atoms in total. The molecule has 0 amide bonds. The first-order valence-electron chi connectivity index (χ1n) is 16.6. The van der Waals surface area contributed by atoms with Crippen molar-refractivity contribution in [2.45, 2.75) is 43.9 Å². The summed E-state index contributed by atoms with van der Waals surface area (Å²) in [6.45, 7) is 0. The third-order valence-electron chi connectivity index (χ3n) is 10.9. The van der Waals surface area contributed by atoms with E-state index in [1.54, 1.807) is 0 Å². The van der Waals surface area contributed by atoms with Gasteiger partial charge in [-0.1, -0.05) is 103 Å². The largest absolute Gasteiger partial charge is 0.208 e. The SMILES string of the molecule is N#Cc1cccc2c(-c3nc(-c4ccccc4)nc(-c4ccccc4)n3)ccc(-c3ccc(C45C[C@H]6C[C@@H](C4)C[C@@H](C5)C6)cc3)c12. The van der Waals surface area contributed by atoms with Crippen LogP contribution in [0.3, 0.4) is 0 Å². The third kappa shape index (κ3) is 4.53. The van der Waals surface area contributed by atoms with E-state index in [0.717, 1.165) is 56.3 Å². The van der Waals surface area contributed by atoms with Crippen molar-refractivity contribution >= 4 is 10.8 Å². The zero-order valence-electron chi connectivity index (χ0n) is 25.7. The van der Waals surface area contributed by atoms with Crippen LogP contribution >= 0.6 is 0 Å². The lowest BCUT2D eigenvalue weighted by Gasteiger charge is -2.57. The molecule has 4 fully saturated rings. The fourth-order valence-electron chi connectivity index (χ4n) is 9.33. The van der Waals surface area contributed by atoms with Gasteiger partial charge in [0, 0.05) is 22.1 Å². The Morgan fingerprint density at radius 2 is 1.07 bits per heavy atom. The van der Waals surface area contributed by atoms with Crippen molar-refractivity contribution in [3.63, 3.8) is 0 Å². The lowest BCUT2D eigenvalue weighted by molar-refractivity contribution is -0.00518. The van der Waals surface area contributed by atoms with Gasteiger partial charge in [-0.3, -0.25) is 0 Å². The molecule has 1 aromatic heterocycles. The van der Waals surface area contributed by atoms with Gasteiger partial charge < -0.3 is 0 Å². The Morgan fingerprint density at radius 1 is 0.522 bits per heavy atom. The fourth-order valence-corrected chi connectivity index (χ4v) is 9.33. The van der Waals surface area contributed by atoms with Crippen molar-refractivity contribution in [3.8, 4) is 51.4 Å². The first-order chi connectivity index (χ1) is 22.7. The van der Waals surface area contributed by atoms with Gasteiger partial charge in [0.05, 0.1) is 11.6 Å². The maximum Gasteiger partial charge on any atom is 0.164 e. The molecule has 0 N–H and O–H groups in total. The number of hydrogen-bond donors (Lipinski definition) is 0. The minimum atomic E-state index is 0.364. The predicted octanol–water partition coefficient (Wildman–Crippen LogP) is 10.0. The van der Waals surface area contributed by atoms with E-state index in [1.165, 1.54) is 44.1 Å². The number of benzene rings is 5. The smallest absolute Gasteiger partial charge is 0.164 e. The first-order valence-corrected chi connectivity index (χ1v) is 16.6. The van der Waals surface area contributed by atoms with Crippen molar-refractivity contribution in [1.82, 2.24) is 15.0 Å². The Balaban J connectivity index is 1.17. The lowest BCUT2D eigenvalue weighted by Crippen LogP contribution is -2.48. The molecule has 222 valence electrons. The maximum absolute atomic E-state index is 10.3. The molecule has 0 radical (unpaired) electrons. The van der Waals surface area contributed by atoms with E-state index in [-0.39, 0.29) is 0 Å². The van der Waals surface area contributed by atoms with Crippen molar-refractivity contribution in [1.29, 1.82) is 5.26 Å². The lowest BCUT2D eigenvalue weighted by atomic mass is 9.48. The minimum absolute atomic E-state index is 0.364. The number of rotatable bonds is 5. The highest BCUT2D eigenvalue weighted by Crippen LogP contribution is 2.60. The molecule has 0 spiro atoms. The van der Waals surface area contributed by atoms with E-state index >= 15 is 0 Å². The molecular formula is C42H34N4. The number of nitriles is 1. The molecule has 4 bridgehead atoms. The Hall–Kier alpha value is -5.14. The van der Waals surface area contributed by atoms with E-state index in [2.05, 4.69) is 48.5 Å². The van der Waals surface area contributed by atoms with Gasteiger partial charge in [-0.15, -0.1) is 0 Å². The van der Waals surface area contributed by atoms with E-state index in [9.17, 15) is 5.26 Å². The number of fused-ring (bicyclic) bond motifs is 1. The van der Waals surface area contributed by atoms with E-state index < -0.39 is 0 Å². The van der Waals surface area contributed by atoms with E-state index in [1.807, 2.05) is 72.8 Å². The quantitative estimate of drug-likeness (QED) is 0.199. The second-order valence-corrected chi connectivity index (χ2v) is 13.8. The Morgan fingerprint density at radius 3 is 1.63 bits per heavy atom. The summed E-state index contributed by atoms with van der Waals surface area (Å²) < 4.78 is 0. The maximum atomic E-state index is 10.3. The van der Waals surface area contributed by atoms with Gasteiger partial charge in [-0.2, -0.15) is 5.26 Å². The standard InChI is InChI=1S/C42H34N4/c43-26-33-12-7-13-36-37(41-45-39(31-8-3-1-4-9-31)44-40(46-41)32-10-5-2-6-11-32)19-18-35(38(33)36)30-14-16-34(17-15-30)42-23-27-20-28(24-42)22-29(21-27)25-42/h1-19,27-29H,20-25H2/t27-,28+,29-,42?. The van der Waals surface area contributed by atoms with Crippen LogP contribution in [-0.4, -0.2) is 15.0 Å². The molecule has 46 heavy (non-hydrogen) atoms. The molecule has 6 aromatic rings. The van der Waals surface area contributed by atoms with E-state index in [0.29, 0.717) is 28.5 Å². The van der Waals surface area contributed by atoms with Crippen LogP contribution in [0.1, 0.15) is 49.7 Å². The molecular weight excluding hydrogens is 560 g/mol. The van der Waals surface area contributed by atoms with Gasteiger partial charge in [0.25, 0.3) is 0 Å². The van der Waals surface area contributed by atoms with Gasteiger partial charge in [-0.25, -0.2) is 15.0 Å². The normalized spacial score (nSPS) is 23.0. The monoisotopic (exact) mass is 594 g/mol. The molecule has 0 unspecified atom stereocenters. The molecule has 0 atom stereocenters. The van der Waals surface area contributed by atoms with Crippen LogP contribution in [0.15, 0.2) is 115 Å². The summed E-state index contributed by atoms with van der Waals surface area (Å²) in [5.74, 6) is 4.59. The summed E-state index contributed by atoms with van der Waals surface area (Å²) in [6.07, 6.45) is 8.43. The number of aromatic nitrogens is 3. The molecule has 4 heteroatoms. The van der Waals surface area contributed by atoms with Crippen LogP contribution in [-0.2, 0) is 5.41 Å². The van der Waals surface area contributed by atoms with Crippen molar-refractivity contribution in [2.75, 3.05) is 0 Å². The van der Waals surface area contributed by atoms with E-state index in [4.69, 9.17) is 15.0 Å². The molecule has 5 aromatic carbocycles. The molecule has 4 aliphatic rings. The van der Waals surface area contributed by atoms with Gasteiger partial charge in [-0.05, 0) is 95.9 Å². The Kier molecular flexibility index (Phi) is 6.35. The van der Waals surface area contributed by atoms with Gasteiger partial charge in [0.1, 0.15) is 0 Å². The summed E-state index contributed by atoms with van der Waals surface area (Å²) in [5, 5.41) is 12.2. The van der Waals surface area contributed by atoms with Crippen LogP contribution in [0.2, 0.25) is 0 Å². The summed E-state index contributed by atoms with van der Waals surface area (Å²) in [4.78, 5) is 14.9. The van der Waals surface area contributed by atoms with Gasteiger partial charge in [0.15, 0.2) is 17.5 Å². The van der Waals surface area contributed by atoms with Gasteiger partial charge in [0.2, 0.25) is 0 Å². The predicted molar refractivity (Wildman–Crippen MR) is 184 cm³/mol. The molecule has 1 heterocycles. The topological polar surface area (TPSA) is 62.5 Å². The Bertz CT molecular complexity index is 2030. The first kappa shape index (κ1) is 27.2. The highest BCUT2D eigenvalue weighted by atomic mass is 15.0. The average molecular weight is 595 g/mol. The average Bonchev–Trinajstić information content (AvgIpc) is 3.11.